The normalized spacial score (nSPS) is 13.4. The molecule has 72 valence electrons. The second-order valence-electron chi connectivity index (χ2n) is 3.19. The van der Waals surface area contributed by atoms with Crippen LogP contribution >= 0.6 is 0 Å². The molecule has 0 bridgehead atoms. The Hall–Kier alpha value is -0.410. The number of hydrogen-bond donors (Lipinski definition) is 1. The summed E-state index contributed by atoms with van der Waals surface area (Å²) in [5.74, 6) is 0.297. The van der Waals surface area contributed by atoms with E-state index in [1.165, 1.54) is 0 Å². The summed E-state index contributed by atoms with van der Waals surface area (Å²) in [6.07, 6.45) is 0.617. The highest BCUT2D eigenvalue weighted by molar-refractivity contribution is 5.83. The van der Waals surface area contributed by atoms with Crippen LogP contribution in [0.25, 0.3) is 0 Å². The highest BCUT2D eigenvalue weighted by atomic mass is 16.1. The summed E-state index contributed by atoms with van der Waals surface area (Å²) in [4.78, 5) is 13.4. The van der Waals surface area contributed by atoms with Crippen LogP contribution in [0.5, 0.6) is 0 Å². The number of hydrogen-bond acceptors (Lipinski definition) is 3. The zero-order chi connectivity index (χ0) is 9.56. The van der Waals surface area contributed by atoms with Crippen molar-refractivity contribution in [3.8, 4) is 0 Å². The van der Waals surface area contributed by atoms with Gasteiger partial charge in [-0.2, -0.15) is 0 Å². The van der Waals surface area contributed by atoms with Crippen LogP contribution in [0.15, 0.2) is 0 Å². The van der Waals surface area contributed by atoms with Gasteiger partial charge in [-0.05, 0) is 20.6 Å². The van der Waals surface area contributed by atoms with Crippen molar-refractivity contribution < 1.29 is 4.79 Å². The number of likely N-dealkylation sites (N-methyl/N-ethyl adjacent to an activating group) is 2. The molecule has 0 amide bonds. The maximum Gasteiger partial charge on any atom is 0.150 e. The highest BCUT2D eigenvalue weighted by Gasteiger charge is 2.15. The minimum atomic E-state index is 0.00926. The van der Waals surface area contributed by atoms with E-state index in [4.69, 9.17) is 0 Å². The zero-order valence-electron chi connectivity index (χ0n) is 8.55. The van der Waals surface area contributed by atoms with Gasteiger partial charge in [-0.3, -0.25) is 4.79 Å². The van der Waals surface area contributed by atoms with Crippen LogP contribution in [-0.2, 0) is 4.79 Å². The molecule has 0 heterocycles. The Morgan fingerprint density at radius 3 is 2.33 bits per heavy atom. The van der Waals surface area contributed by atoms with Crippen LogP contribution in [0.2, 0.25) is 0 Å². The Balaban J connectivity index is 3.94. The standard InChI is InChI=1S/C9H20N2O/c1-5-9(12)8(10-6-2)7-11(3)4/h8,10H,5-7H2,1-4H3. The van der Waals surface area contributed by atoms with E-state index in [0.29, 0.717) is 12.2 Å². The zero-order valence-corrected chi connectivity index (χ0v) is 8.55. The van der Waals surface area contributed by atoms with Crippen molar-refractivity contribution in [3.05, 3.63) is 0 Å². The van der Waals surface area contributed by atoms with Crippen LogP contribution < -0.4 is 5.32 Å². The molecule has 0 rings (SSSR count). The quantitative estimate of drug-likeness (QED) is 0.633. The largest absolute Gasteiger partial charge is 0.307 e. The predicted octanol–water partition coefficient (Wildman–Crippen LogP) is 0.505. The van der Waals surface area contributed by atoms with E-state index in [1.807, 2.05) is 32.8 Å². The summed E-state index contributed by atoms with van der Waals surface area (Å²) in [7, 11) is 3.96. The number of ketones is 1. The first-order valence-electron chi connectivity index (χ1n) is 4.52. The first kappa shape index (κ1) is 11.6. The van der Waals surface area contributed by atoms with Crippen molar-refractivity contribution in [2.75, 3.05) is 27.2 Å². The van der Waals surface area contributed by atoms with Crippen LogP contribution in [0.1, 0.15) is 20.3 Å². The molecule has 0 aliphatic heterocycles. The molecule has 0 aromatic rings. The fourth-order valence-electron chi connectivity index (χ4n) is 1.14. The molecule has 0 saturated heterocycles. The van der Waals surface area contributed by atoms with Gasteiger partial charge in [0, 0.05) is 13.0 Å². The molecule has 0 spiro atoms. The summed E-state index contributed by atoms with van der Waals surface area (Å²) < 4.78 is 0. The van der Waals surface area contributed by atoms with Gasteiger partial charge >= 0.3 is 0 Å². The third kappa shape index (κ3) is 4.46. The Labute approximate surface area is 75.1 Å². The molecule has 0 aromatic carbocycles. The van der Waals surface area contributed by atoms with E-state index >= 15 is 0 Å². The molecule has 0 fully saturated rings. The fraction of sp³-hybridized carbons (Fsp3) is 0.889. The van der Waals surface area contributed by atoms with Gasteiger partial charge in [-0.1, -0.05) is 13.8 Å². The second kappa shape index (κ2) is 6.14. The van der Waals surface area contributed by atoms with Gasteiger partial charge in [0.2, 0.25) is 0 Å². The van der Waals surface area contributed by atoms with Gasteiger partial charge < -0.3 is 10.2 Å². The lowest BCUT2D eigenvalue weighted by atomic mass is 10.1. The van der Waals surface area contributed by atoms with Crippen molar-refractivity contribution in [3.63, 3.8) is 0 Å². The monoisotopic (exact) mass is 172 g/mol. The van der Waals surface area contributed by atoms with Gasteiger partial charge in [-0.15, -0.1) is 0 Å². The molecule has 1 unspecified atom stereocenters. The Morgan fingerprint density at radius 1 is 1.42 bits per heavy atom. The minimum Gasteiger partial charge on any atom is -0.307 e. The van der Waals surface area contributed by atoms with E-state index in [2.05, 4.69) is 5.32 Å². The van der Waals surface area contributed by atoms with Crippen molar-refractivity contribution in [2.45, 2.75) is 26.3 Å². The number of carbonyl (C=O) groups excluding carboxylic acids is 1. The Bertz CT molecular complexity index is 134. The molecular weight excluding hydrogens is 152 g/mol. The van der Waals surface area contributed by atoms with Gasteiger partial charge in [-0.25, -0.2) is 0 Å². The molecule has 0 saturated carbocycles. The van der Waals surface area contributed by atoms with Crippen molar-refractivity contribution in [1.82, 2.24) is 10.2 Å². The fourth-order valence-corrected chi connectivity index (χ4v) is 1.14. The number of rotatable bonds is 6. The molecule has 0 aliphatic rings. The molecule has 0 radical (unpaired) electrons. The van der Waals surface area contributed by atoms with E-state index in [-0.39, 0.29) is 6.04 Å². The highest BCUT2D eigenvalue weighted by Crippen LogP contribution is 1.93. The smallest absolute Gasteiger partial charge is 0.150 e. The summed E-state index contributed by atoms with van der Waals surface area (Å²) in [5, 5.41) is 3.17. The van der Waals surface area contributed by atoms with Gasteiger partial charge in [0.15, 0.2) is 5.78 Å². The lowest BCUT2D eigenvalue weighted by Gasteiger charge is -2.19. The third-order valence-electron chi connectivity index (χ3n) is 1.74. The molecule has 1 N–H and O–H groups in total. The molecule has 3 heteroatoms. The van der Waals surface area contributed by atoms with Crippen LogP contribution in [-0.4, -0.2) is 43.9 Å². The van der Waals surface area contributed by atoms with E-state index in [9.17, 15) is 4.79 Å². The Morgan fingerprint density at radius 2 is 2.00 bits per heavy atom. The molecular formula is C9H20N2O. The molecule has 0 aliphatic carbocycles. The summed E-state index contributed by atoms with van der Waals surface area (Å²) in [5.41, 5.74) is 0. The maximum absolute atomic E-state index is 11.3. The van der Waals surface area contributed by atoms with E-state index in [0.717, 1.165) is 13.1 Å². The van der Waals surface area contributed by atoms with Crippen molar-refractivity contribution >= 4 is 5.78 Å². The average molecular weight is 172 g/mol. The minimum absolute atomic E-state index is 0.00926. The van der Waals surface area contributed by atoms with Gasteiger partial charge in [0.25, 0.3) is 0 Å². The van der Waals surface area contributed by atoms with Crippen LogP contribution in [0, 0.1) is 0 Å². The molecule has 12 heavy (non-hydrogen) atoms. The first-order chi connectivity index (χ1) is 5.61. The predicted molar refractivity (Wildman–Crippen MR) is 51.3 cm³/mol. The molecule has 0 aromatic heterocycles. The first-order valence-corrected chi connectivity index (χ1v) is 4.52. The van der Waals surface area contributed by atoms with E-state index in [1.54, 1.807) is 0 Å². The summed E-state index contributed by atoms with van der Waals surface area (Å²) in [6, 6.07) is 0.00926. The topological polar surface area (TPSA) is 32.3 Å². The summed E-state index contributed by atoms with van der Waals surface area (Å²) in [6.45, 7) is 5.57. The van der Waals surface area contributed by atoms with Crippen molar-refractivity contribution in [1.29, 1.82) is 0 Å². The molecule has 3 nitrogen and oxygen atoms in total. The van der Waals surface area contributed by atoms with Gasteiger partial charge in [0.1, 0.15) is 0 Å². The lowest BCUT2D eigenvalue weighted by Crippen LogP contribution is -2.43. The SMILES string of the molecule is CCNC(CN(C)C)C(=O)CC. The number of carbonyl (C=O) groups is 1. The number of nitrogens with one attached hydrogen (secondary N) is 1. The van der Waals surface area contributed by atoms with Crippen LogP contribution in [0.3, 0.4) is 0 Å². The number of Topliss-reactive ketones (excluding diaryl/α,β-unsaturated/α-hetero) is 1. The van der Waals surface area contributed by atoms with Crippen molar-refractivity contribution in [2.24, 2.45) is 0 Å². The van der Waals surface area contributed by atoms with E-state index < -0.39 is 0 Å². The van der Waals surface area contributed by atoms with Crippen LogP contribution in [0.4, 0.5) is 0 Å². The maximum atomic E-state index is 11.3. The molecule has 1 atom stereocenters. The third-order valence-corrected chi connectivity index (χ3v) is 1.74. The van der Waals surface area contributed by atoms with Gasteiger partial charge in [0.05, 0.1) is 6.04 Å². The number of nitrogens with zero attached hydrogens (tertiary/aromatic N) is 1. The summed E-state index contributed by atoms with van der Waals surface area (Å²) >= 11 is 0. The second-order valence-corrected chi connectivity index (χ2v) is 3.19. The lowest BCUT2D eigenvalue weighted by molar-refractivity contribution is -0.121. The average Bonchev–Trinajstić information content (AvgIpc) is 2.01. The Kier molecular flexibility index (Phi) is 5.93.